The average molecular weight is 493 g/mol. The van der Waals surface area contributed by atoms with E-state index in [-0.39, 0.29) is 36.9 Å². The summed E-state index contributed by atoms with van der Waals surface area (Å²) in [5, 5.41) is 10.6. The Kier molecular flexibility index (Phi) is 7.59. The van der Waals surface area contributed by atoms with Crippen LogP contribution in [0.3, 0.4) is 0 Å². The first-order chi connectivity index (χ1) is 17.2. The van der Waals surface area contributed by atoms with Crippen LogP contribution in [0.25, 0.3) is 0 Å². The van der Waals surface area contributed by atoms with Gasteiger partial charge in [0.2, 0.25) is 11.7 Å². The van der Waals surface area contributed by atoms with E-state index in [0.717, 1.165) is 11.1 Å². The van der Waals surface area contributed by atoms with Crippen LogP contribution in [0.4, 0.5) is 4.39 Å². The fraction of sp³-hybridized carbons (Fsp3) is 0.333. The molecule has 0 aliphatic carbocycles. The molecule has 2 heterocycles. The van der Waals surface area contributed by atoms with E-state index < -0.39 is 23.1 Å². The van der Waals surface area contributed by atoms with Crippen molar-refractivity contribution in [1.29, 1.82) is 0 Å². The Bertz CT molecular complexity index is 1310. The summed E-state index contributed by atoms with van der Waals surface area (Å²) < 4.78 is 14.5. The summed E-state index contributed by atoms with van der Waals surface area (Å²) in [7, 11) is 1.88. The molecule has 0 spiro atoms. The summed E-state index contributed by atoms with van der Waals surface area (Å²) in [6.45, 7) is 2.74. The van der Waals surface area contributed by atoms with Crippen molar-refractivity contribution in [1.82, 2.24) is 19.4 Å². The van der Waals surface area contributed by atoms with E-state index in [1.807, 2.05) is 42.3 Å². The minimum atomic E-state index is -0.700. The zero-order valence-corrected chi connectivity index (χ0v) is 20.4. The number of nitrogens with zero attached hydrogens (tertiary/aromatic N) is 4. The molecule has 2 aromatic carbocycles. The van der Waals surface area contributed by atoms with Gasteiger partial charge in [-0.25, -0.2) is 9.37 Å². The number of likely N-dealkylation sites (N-methyl/N-ethyl adjacent to an activating group) is 1. The second-order valence-electron chi connectivity index (χ2n) is 9.06. The van der Waals surface area contributed by atoms with Crippen molar-refractivity contribution in [3.05, 3.63) is 93.4 Å². The lowest BCUT2D eigenvalue weighted by atomic mass is 10.1. The van der Waals surface area contributed by atoms with Gasteiger partial charge in [0.05, 0.1) is 6.04 Å². The molecule has 1 atom stereocenters. The highest BCUT2D eigenvalue weighted by atomic mass is 19.1. The molecule has 1 aliphatic rings. The first-order valence-electron chi connectivity index (χ1n) is 11.9. The second-order valence-corrected chi connectivity index (χ2v) is 9.06. The maximum Gasteiger partial charge on any atom is 0.296 e. The molecule has 9 heteroatoms. The fourth-order valence-corrected chi connectivity index (χ4v) is 4.46. The van der Waals surface area contributed by atoms with Crippen LogP contribution in [0.15, 0.2) is 59.4 Å². The molecule has 1 aliphatic heterocycles. The summed E-state index contributed by atoms with van der Waals surface area (Å²) >= 11 is 0. The molecule has 0 radical (unpaired) electrons. The standard InChI is InChI=1S/C27H29FN4O4/c1-18(33)31-14-15-32-26(22(17-31)30(2)16-20-6-4-3-5-7-20)29-24(25(35)27(32)36)23(34)13-10-19-8-11-21(28)12-9-19/h3-9,11-12,22,35H,10,13-17H2,1-2H3. The lowest BCUT2D eigenvalue weighted by molar-refractivity contribution is -0.129. The Balaban J connectivity index is 1.68. The first kappa shape index (κ1) is 25.2. The number of ketones is 1. The zero-order valence-electron chi connectivity index (χ0n) is 20.4. The Hall–Kier alpha value is -3.85. The predicted octanol–water partition coefficient (Wildman–Crippen LogP) is 2.94. The molecule has 188 valence electrons. The summed E-state index contributed by atoms with van der Waals surface area (Å²) in [4.78, 5) is 46.6. The van der Waals surface area contributed by atoms with Gasteiger partial charge in [-0.1, -0.05) is 42.5 Å². The molecule has 1 aromatic heterocycles. The van der Waals surface area contributed by atoms with Crippen molar-refractivity contribution in [3.63, 3.8) is 0 Å². The number of rotatable bonds is 7. The number of fused-ring (bicyclic) bond motifs is 1. The van der Waals surface area contributed by atoms with E-state index in [1.165, 1.54) is 23.6 Å². The Labute approximate surface area is 208 Å². The summed E-state index contributed by atoms with van der Waals surface area (Å²) in [6, 6.07) is 15.1. The molecule has 0 fully saturated rings. The van der Waals surface area contributed by atoms with Crippen molar-refractivity contribution >= 4 is 11.7 Å². The van der Waals surface area contributed by atoms with Gasteiger partial charge in [0, 0.05) is 39.5 Å². The Morgan fingerprint density at radius 3 is 2.44 bits per heavy atom. The van der Waals surface area contributed by atoms with Crippen LogP contribution in [0.1, 0.15) is 46.8 Å². The van der Waals surface area contributed by atoms with Crippen LogP contribution in [0.2, 0.25) is 0 Å². The van der Waals surface area contributed by atoms with E-state index in [9.17, 15) is 23.9 Å². The number of hydrogen-bond donors (Lipinski definition) is 1. The quantitative estimate of drug-likeness (QED) is 0.510. The number of aromatic hydroxyl groups is 1. The van der Waals surface area contributed by atoms with Crippen LogP contribution in [0.5, 0.6) is 5.75 Å². The third-order valence-electron chi connectivity index (χ3n) is 6.53. The van der Waals surface area contributed by atoms with Crippen molar-refractivity contribution in [2.24, 2.45) is 0 Å². The maximum atomic E-state index is 13.2. The molecule has 0 saturated carbocycles. The molecular formula is C27H29FN4O4. The van der Waals surface area contributed by atoms with Gasteiger partial charge in [-0.3, -0.25) is 23.9 Å². The van der Waals surface area contributed by atoms with Gasteiger partial charge in [0.1, 0.15) is 11.6 Å². The monoisotopic (exact) mass is 492 g/mol. The topological polar surface area (TPSA) is 95.7 Å². The van der Waals surface area contributed by atoms with Gasteiger partial charge in [-0.15, -0.1) is 0 Å². The number of carbonyl (C=O) groups excluding carboxylic acids is 2. The van der Waals surface area contributed by atoms with Crippen molar-refractivity contribution in [3.8, 4) is 5.75 Å². The normalized spacial score (nSPS) is 15.4. The van der Waals surface area contributed by atoms with Gasteiger partial charge in [0.15, 0.2) is 11.5 Å². The highest BCUT2D eigenvalue weighted by Gasteiger charge is 2.32. The third-order valence-corrected chi connectivity index (χ3v) is 6.53. The van der Waals surface area contributed by atoms with Crippen molar-refractivity contribution in [2.75, 3.05) is 20.1 Å². The number of halogens is 1. The molecular weight excluding hydrogens is 463 g/mol. The minimum Gasteiger partial charge on any atom is -0.501 e. The summed E-state index contributed by atoms with van der Waals surface area (Å²) in [6.07, 6.45) is 0.313. The zero-order chi connectivity index (χ0) is 25.8. The van der Waals surface area contributed by atoms with Gasteiger partial charge < -0.3 is 10.0 Å². The van der Waals surface area contributed by atoms with Crippen molar-refractivity contribution in [2.45, 2.75) is 38.9 Å². The fourth-order valence-electron chi connectivity index (χ4n) is 4.46. The van der Waals surface area contributed by atoms with Crippen LogP contribution in [-0.4, -0.2) is 56.3 Å². The third kappa shape index (κ3) is 5.52. The second kappa shape index (κ2) is 10.8. The van der Waals surface area contributed by atoms with E-state index in [2.05, 4.69) is 4.98 Å². The molecule has 3 aromatic rings. The van der Waals surface area contributed by atoms with Crippen LogP contribution >= 0.6 is 0 Å². The van der Waals surface area contributed by atoms with E-state index >= 15 is 0 Å². The maximum absolute atomic E-state index is 13.2. The predicted molar refractivity (Wildman–Crippen MR) is 132 cm³/mol. The van der Waals surface area contributed by atoms with Gasteiger partial charge in [-0.2, -0.15) is 0 Å². The highest BCUT2D eigenvalue weighted by Crippen LogP contribution is 2.26. The molecule has 1 N–H and O–H groups in total. The van der Waals surface area contributed by atoms with Crippen LogP contribution < -0.4 is 5.56 Å². The average Bonchev–Trinajstić information content (AvgIpc) is 3.06. The minimum absolute atomic E-state index is 0.000816. The smallest absolute Gasteiger partial charge is 0.296 e. The first-order valence-corrected chi connectivity index (χ1v) is 11.9. The Morgan fingerprint density at radius 1 is 1.08 bits per heavy atom. The largest absolute Gasteiger partial charge is 0.501 e. The molecule has 8 nitrogen and oxygen atoms in total. The van der Waals surface area contributed by atoms with E-state index in [4.69, 9.17) is 0 Å². The Morgan fingerprint density at radius 2 is 1.78 bits per heavy atom. The van der Waals surface area contributed by atoms with E-state index in [0.29, 0.717) is 25.3 Å². The van der Waals surface area contributed by atoms with Gasteiger partial charge >= 0.3 is 0 Å². The lowest BCUT2D eigenvalue weighted by Crippen LogP contribution is -2.38. The van der Waals surface area contributed by atoms with Crippen molar-refractivity contribution < 1.29 is 19.1 Å². The number of aryl methyl sites for hydroxylation is 1. The van der Waals surface area contributed by atoms with Crippen LogP contribution in [0, 0.1) is 5.82 Å². The molecule has 0 bridgehead atoms. The number of amides is 1. The summed E-state index contributed by atoms with van der Waals surface area (Å²) in [5.74, 6) is -1.33. The highest BCUT2D eigenvalue weighted by molar-refractivity contribution is 5.96. The SMILES string of the molecule is CC(=O)N1CCn2c(nc(C(=O)CCc3ccc(F)cc3)c(O)c2=O)C(N(C)Cc2ccccc2)C1. The number of benzene rings is 2. The van der Waals surface area contributed by atoms with Crippen LogP contribution in [-0.2, 0) is 24.3 Å². The molecule has 1 unspecified atom stereocenters. The van der Waals surface area contributed by atoms with E-state index in [1.54, 1.807) is 17.0 Å². The number of aromatic nitrogens is 2. The number of hydrogen-bond acceptors (Lipinski definition) is 6. The molecule has 4 rings (SSSR count). The summed E-state index contributed by atoms with van der Waals surface area (Å²) in [5.41, 5.74) is 0.826. The lowest BCUT2D eigenvalue weighted by Gasteiger charge is -2.30. The molecule has 36 heavy (non-hydrogen) atoms. The van der Waals surface area contributed by atoms with Gasteiger partial charge in [-0.05, 0) is 36.7 Å². The molecule has 0 saturated heterocycles. The molecule has 1 amide bonds. The number of Topliss-reactive ketones (excluding diaryl/α,β-unsaturated/α-hetero) is 1. The van der Waals surface area contributed by atoms with Gasteiger partial charge in [0.25, 0.3) is 5.56 Å². The number of carbonyl (C=O) groups is 2.